The molecule has 14 heavy (non-hydrogen) atoms. The summed E-state index contributed by atoms with van der Waals surface area (Å²) in [6, 6.07) is 0. The number of oxazole rings is 1. The molecule has 1 aromatic heterocycles. The van der Waals surface area contributed by atoms with Crippen LogP contribution < -0.4 is 0 Å². The van der Waals surface area contributed by atoms with E-state index < -0.39 is 0 Å². The van der Waals surface area contributed by atoms with Gasteiger partial charge in [-0.05, 0) is 19.8 Å². The standard InChI is InChI=1S/C10H14N2O2/c1-8-9(14-7-11-8)6-10(13)12-4-2-3-5-12/h7H,2-6H2,1H3. The van der Waals surface area contributed by atoms with Crippen LogP contribution in [0.3, 0.4) is 0 Å². The van der Waals surface area contributed by atoms with Crippen molar-refractivity contribution < 1.29 is 9.21 Å². The maximum Gasteiger partial charge on any atom is 0.230 e. The molecule has 0 spiro atoms. The Morgan fingerprint density at radius 2 is 2.29 bits per heavy atom. The monoisotopic (exact) mass is 194 g/mol. The number of hydrogen-bond acceptors (Lipinski definition) is 3. The molecule has 1 aliphatic rings. The van der Waals surface area contributed by atoms with Gasteiger partial charge >= 0.3 is 0 Å². The molecule has 0 aliphatic carbocycles. The van der Waals surface area contributed by atoms with Gasteiger partial charge in [-0.2, -0.15) is 0 Å². The topological polar surface area (TPSA) is 46.3 Å². The highest BCUT2D eigenvalue weighted by Crippen LogP contribution is 2.12. The van der Waals surface area contributed by atoms with Gasteiger partial charge in [0.1, 0.15) is 5.76 Å². The molecule has 76 valence electrons. The Morgan fingerprint density at radius 1 is 1.57 bits per heavy atom. The second-order valence-corrected chi connectivity index (χ2v) is 3.63. The molecule has 4 nitrogen and oxygen atoms in total. The molecule has 0 unspecified atom stereocenters. The molecule has 0 N–H and O–H groups in total. The van der Waals surface area contributed by atoms with Crippen molar-refractivity contribution in [1.29, 1.82) is 0 Å². The van der Waals surface area contributed by atoms with Crippen LogP contribution in [0.1, 0.15) is 24.3 Å². The van der Waals surface area contributed by atoms with Crippen LogP contribution in [-0.2, 0) is 11.2 Å². The zero-order valence-electron chi connectivity index (χ0n) is 8.32. The predicted molar refractivity (Wildman–Crippen MR) is 50.8 cm³/mol. The molecule has 2 heterocycles. The van der Waals surface area contributed by atoms with E-state index >= 15 is 0 Å². The van der Waals surface area contributed by atoms with E-state index in [9.17, 15) is 4.79 Å². The lowest BCUT2D eigenvalue weighted by molar-refractivity contribution is -0.129. The number of rotatable bonds is 2. The second kappa shape index (κ2) is 3.82. The summed E-state index contributed by atoms with van der Waals surface area (Å²) in [5.41, 5.74) is 0.817. The van der Waals surface area contributed by atoms with Gasteiger partial charge in [-0.25, -0.2) is 4.98 Å². The number of aromatic nitrogens is 1. The maximum atomic E-state index is 11.7. The van der Waals surface area contributed by atoms with Crippen LogP contribution >= 0.6 is 0 Å². The lowest BCUT2D eigenvalue weighted by atomic mass is 10.2. The average Bonchev–Trinajstić information content (AvgIpc) is 2.77. The van der Waals surface area contributed by atoms with Crippen molar-refractivity contribution >= 4 is 5.91 Å². The SMILES string of the molecule is Cc1ncoc1CC(=O)N1CCCC1. The molecule has 1 aromatic rings. The Labute approximate surface area is 82.9 Å². The average molecular weight is 194 g/mol. The molecule has 0 bridgehead atoms. The summed E-state index contributed by atoms with van der Waals surface area (Å²) in [5.74, 6) is 0.851. The quantitative estimate of drug-likeness (QED) is 0.709. The number of amides is 1. The normalized spacial score (nSPS) is 16.2. The van der Waals surface area contributed by atoms with Crippen molar-refractivity contribution in [2.75, 3.05) is 13.1 Å². The van der Waals surface area contributed by atoms with E-state index in [-0.39, 0.29) is 5.91 Å². The first kappa shape index (κ1) is 9.24. The molecule has 1 aliphatic heterocycles. The summed E-state index contributed by atoms with van der Waals surface area (Å²) in [7, 11) is 0. The maximum absolute atomic E-state index is 11.7. The fourth-order valence-corrected chi connectivity index (χ4v) is 1.71. The van der Waals surface area contributed by atoms with Crippen molar-refractivity contribution in [2.24, 2.45) is 0 Å². The largest absolute Gasteiger partial charge is 0.448 e. The highest BCUT2D eigenvalue weighted by atomic mass is 16.3. The van der Waals surface area contributed by atoms with Gasteiger partial charge in [-0.15, -0.1) is 0 Å². The molecular weight excluding hydrogens is 180 g/mol. The summed E-state index contributed by atoms with van der Waals surface area (Å²) in [6.45, 7) is 3.65. The van der Waals surface area contributed by atoms with Crippen molar-refractivity contribution in [2.45, 2.75) is 26.2 Å². The van der Waals surface area contributed by atoms with Crippen LogP contribution in [0.25, 0.3) is 0 Å². The fourth-order valence-electron chi connectivity index (χ4n) is 1.71. The van der Waals surface area contributed by atoms with Crippen molar-refractivity contribution in [1.82, 2.24) is 9.88 Å². The van der Waals surface area contributed by atoms with Crippen LogP contribution in [0, 0.1) is 6.92 Å². The summed E-state index contributed by atoms with van der Waals surface area (Å²) in [6.07, 6.45) is 4.00. The molecular formula is C10H14N2O2. The van der Waals surface area contributed by atoms with Crippen molar-refractivity contribution in [3.8, 4) is 0 Å². The van der Waals surface area contributed by atoms with Gasteiger partial charge in [0.25, 0.3) is 0 Å². The van der Waals surface area contributed by atoms with Gasteiger partial charge in [0.15, 0.2) is 6.39 Å². The summed E-state index contributed by atoms with van der Waals surface area (Å²) in [4.78, 5) is 17.6. The Balaban J connectivity index is 1.97. The first-order chi connectivity index (χ1) is 6.77. The van der Waals surface area contributed by atoms with Gasteiger partial charge in [0.05, 0.1) is 12.1 Å². The summed E-state index contributed by atoms with van der Waals surface area (Å²) < 4.78 is 5.14. The van der Waals surface area contributed by atoms with Crippen molar-refractivity contribution in [3.05, 3.63) is 17.8 Å². The molecule has 2 rings (SSSR count). The van der Waals surface area contributed by atoms with E-state index in [2.05, 4.69) is 4.98 Å². The number of aryl methyl sites for hydroxylation is 1. The Morgan fingerprint density at radius 3 is 2.86 bits per heavy atom. The molecule has 1 saturated heterocycles. The van der Waals surface area contributed by atoms with Gasteiger partial charge in [0, 0.05) is 13.1 Å². The minimum atomic E-state index is 0.155. The summed E-state index contributed by atoms with van der Waals surface area (Å²) in [5, 5.41) is 0. The first-order valence-electron chi connectivity index (χ1n) is 4.94. The Bertz CT molecular complexity index is 327. The predicted octanol–water partition coefficient (Wildman–Crippen LogP) is 1.15. The molecule has 0 aromatic carbocycles. The van der Waals surface area contributed by atoms with E-state index in [4.69, 9.17) is 4.42 Å². The summed E-state index contributed by atoms with van der Waals surface area (Å²) >= 11 is 0. The molecule has 1 amide bonds. The van der Waals surface area contributed by atoms with Crippen LogP contribution in [0.5, 0.6) is 0 Å². The van der Waals surface area contributed by atoms with Gasteiger partial charge < -0.3 is 9.32 Å². The highest BCUT2D eigenvalue weighted by molar-refractivity contribution is 5.78. The van der Waals surface area contributed by atoms with E-state index in [1.165, 1.54) is 6.39 Å². The first-order valence-corrected chi connectivity index (χ1v) is 4.94. The van der Waals surface area contributed by atoms with E-state index in [1.54, 1.807) is 0 Å². The molecule has 0 atom stereocenters. The Hall–Kier alpha value is -1.32. The molecule has 1 fully saturated rings. The van der Waals surface area contributed by atoms with Gasteiger partial charge in [-0.1, -0.05) is 0 Å². The van der Waals surface area contributed by atoms with Crippen LogP contribution in [-0.4, -0.2) is 28.9 Å². The van der Waals surface area contributed by atoms with Gasteiger partial charge in [-0.3, -0.25) is 4.79 Å². The molecule has 0 radical (unpaired) electrons. The third-order valence-electron chi connectivity index (χ3n) is 2.62. The highest BCUT2D eigenvalue weighted by Gasteiger charge is 2.19. The van der Waals surface area contributed by atoms with Crippen LogP contribution in [0.2, 0.25) is 0 Å². The van der Waals surface area contributed by atoms with Crippen molar-refractivity contribution in [3.63, 3.8) is 0 Å². The lowest BCUT2D eigenvalue weighted by Gasteiger charge is -2.13. The third kappa shape index (κ3) is 1.78. The number of carbonyl (C=O) groups is 1. The lowest BCUT2D eigenvalue weighted by Crippen LogP contribution is -2.29. The number of carbonyl (C=O) groups excluding carboxylic acids is 1. The zero-order valence-corrected chi connectivity index (χ0v) is 8.32. The minimum absolute atomic E-state index is 0.155. The van der Waals surface area contributed by atoms with Crippen LogP contribution in [0.15, 0.2) is 10.8 Å². The number of likely N-dealkylation sites (tertiary alicyclic amines) is 1. The Kier molecular flexibility index (Phi) is 2.52. The van der Waals surface area contributed by atoms with E-state index in [0.717, 1.165) is 31.6 Å². The zero-order chi connectivity index (χ0) is 9.97. The number of nitrogens with zero attached hydrogens (tertiary/aromatic N) is 2. The van der Waals surface area contributed by atoms with E-state index in [1.807, 2.05) is 11.8 Å². The third-order valence-corrected chi connectivity index (χ3v) is 2.62. The molecule has 0 saturated carbocycles. The smallest absolute Gasteiger partial charge is 0.230 e. The number of hydrogen-bond donors (Lipinski definition) is 0. The van der Waals surface area contributed by atoms with E-state index in [0.29, 0.717) is 12.2 Å². The van der Waals surface area contributed by atoms with Crippen LogP contribution in [0.4, 0.5) is 0 Å². The minimum Gasteiger partial charge on any atom is -0.448 e. The fraction of sp³-hybridized carbons (Fsp3) is 0.600. The second-order valence-electron chi connectivity index (χ2n) is 3.63. The van der Waals surface area contributed by atoms with Gasteiger partial charge in [0.2, 0.25) is 5.91 Å². The molecule has 4 heteroatoms.